The predicted octanol–water partition coefficient (Wildman–Crippen LogP) is 2.04. The van der Waals surface area contributed by atoms with E-state index in [1.54, 1.807) is 0 Å². The van der Waals surface area contributed by atoms with Gasteiger partial charge in [0, 0.05) is 31.9 Å². The van der Waals surface area contributed by atoms with Crippen LogP contribution in [0.25, 0.3) is 0 Å². The van der Waals surface area contributed by atoms with Crippen LogP contribution in [-0.4, -0.2) is 43.1 Å². The first kappa shape index (κ1) is 15.3. The van der Waals surface area contributed by atoms with E-state index in [0.29, 0.717) is 12.0 Å². The van der Waals surface area contributed by atoms with Crippen molar-refractivity contribution >= 4 is 35.6 Å². The summed E-state index contributed by atoms with van der Waals surface area (Å²) in [5, 5.41) is 0. The van der Waals surface area contributed by atoms with Crippen molar-refractivity contribution in [2.24, 2.45) is 10.7 Å². The third kappa shape index (κ3) is 3.74. The number of halogens is 2. The highest BCUT2D eigenvalue weighted by Crippen LogP contribution is 2.24. The molecule has 4 nitrogen and oxygen atoms in total. The largest absolute Gasteiger partial charge is 0.370 e. The van der Waals surface area contributed by atoms with Gasteiger partial charge in [0.2, 0.25) is 0 Å². The summed E-state index contributed by atoms with van der Waals surface area (Å²) in [5.74, 6) is 0.490. The average molecular weight is 390 g/mol. The second kappa shape index (κ2) is 6.60. The second-order valence-corrected chi connectivity index (χ2v) is 5.17. The third-order valence-electron chi connectivity index (χ3n) is 3.66. The van der Waals surface area contributed by atoms with Gasteiger partial charge in [0.05, 0.1) is 6.04 Å². The summed E-state index contributed by atoms with van der Waals surface area (Å²) in [6, 6.07) is 7.13. The van der Waals surface area contributed by atoms with Gasteiger partial charge >= 0.3 is 0 Å². The van der Waals surface area contributed by atoms with E-state index >= 15 is 0 Å². The van der Waals surface area contributed by atoms with Crippen LogP contribution in [0.15, 0.2) is 29.3 Å². The molecule has 2 N–H and O–H groups in total. The van der Waals surface area contributed by atoms with Gasteiger partial charge in [0.1, 0.15) is 5.82 Å². The quantitative estimate of drug-likeness (QED) is 0.478. The number of anilines is 1. The number of hydrogen-bond donors (Lipinski definition) is 1. The van der Waals surface area contributed by atoms with Crippen molar-refractivity contribution < 1.29 is 4.39 Å². The van der Waals surface area contributed by atoms with Gasteiger partial charge in [-0.3, -0.25) is 0 Å². The van der Waals surface area contributed by atoms with E-state index in [1.165, 1.54) is 25.0 Å². The third-order valence-corrected chi connectivity index (χ3v) is 3.66. The van der Waals surface area contributed by atoms with Crippen molar-refractivity contribution in [1.29, 1.82) is 0 Å². The summed E-state index contributed by atoms with van der Waals surface area (Å²) in [6.07, 6.45) is 2.35. The summed E-state index contributed by atoms with van der Waals surface area (Å²) in [4.78, 5) is 8.86. The number of nitrogens with two attached hydrogens (primary N) is 1. The first-order valence-electron chi connectivity index (χ1n) is 6.81. The van der Waals surface area contributed by atoms with E-state index in [2.05, 4.69) is 14.8 Å². The highest BCUT2D eigenvalue weighted by atomic mass is 127. The lowest BCUT2D eigenvalue weighted by Crippen LogP contribution is -2.51. The Hall–Kier alpha value is -1.05. The van der Waals surface area contributed by atoms with Crippen LogP contribution in [0.1, 0.15) is 12.8 Å². The molecule has 0 radical (unpaired) electrons. The van der Waals surface area contributed by atoms with E-state index < -0.39 is 0 Å². The maximum absolute atomic E-state index is 12.9. The zero-order chi connectivity index (χ0) is 13.2. The fourth-order valence-corrected chi connectivity index (χ4v) is 2.32. The summed E-state index contributed by atoms with van der Waals surface area (Å²) >= 11 is 0. The summed E-state index contributed by atoms with van der Waals surface area (Å²) in [6.45, 7) is 3.54. The molecule has 0 atom stereocenters. The minimum absolute atomic E-state index is 0. The smallest absolute Gasteiger partial charge is 0.191 e. The first-order chi connectivity index (χ1) is 9.22. The molecular weight excluding hydrogens is 370 g/mol. The average Bonchev–Trinajstić information content (AvgIpc) is 3.24. The molecule has 1 aromatic carbocycles. The molecule has 1 aromatic rings. The van der Waals surface area contributed by atoms with Crippen molar-refractivity contribution in [3.8, 4) is 0 Å². The highest BCUT2D eigenvalue weighted by Gasteiger charge is 2.23. The van der Waals surface area contributed by atoms with Crippen molar-refractivity contribution in [2.75, 3.05) is 31.1 Å². The maximum Gasteiger partial charge on any atom is 0.191 e. The van der Waals surface area contributed by atoms with Crippen molar-refractivity contribution in [2.45, 2.75) is 18.9 Å². The fraction of sp³-hybridized carbons (Fsp3) is 0.500. The Bertz CT molecular complexity index is 465. The summed E-state index contributed by atoms with van der Waals surface area (Å²) < 4.78 is 12.9. The number of guanidine groups is 1. The minimum Gasteiger partial charge on any atom is -0.370 e. The lowest BCUT2D eigenvalue weighted by molar-refractivity contribution is 0.380. The molecule has 0 unspecified atom stereocenters. The molecule has 1 heterocycles. The SMILES string of the molecule is I.NC(=NC1CC1)N1CCN(c2ccc(F)cc2)CC1. The van der Waals surface area contributed by atoms with Gasteiger partial charge in [-0.2, -0.15) is 0 Å². The van der Waals surface area contributed by atoms with Crippen LogP contribution in [-0.2, 0) is 0 Å². The molecule has 1 aliphatic carbocycles. The van der Waals surface area contributed by atoms with Crippen molar-refractivity contribution in [1.82, 2.24) is 4.90 Å². The Morgan fingerprint density at radius 3 is 2.25 bits per heavy atom. The van der Waals surface area contributed by atoms with Crippen LogP contribution >= 0.6 is 24.0 Å². The van der Waals surface area contributed by atoms with Crippen LogP contribution < -0.4 is 10.6 Å². The van der Waals surface area contributed by atoms with Gasteiger partial charge in [-0.25, -0.2) is 9.38 Å². The van der Waals surface area contributed by atoms with Gasteiger partial charge in [0.25, 0.3) is 0 Å². The Kier molecular flexibility index (Phi) is 5.06. The van der Waals surface area contributed by atoms with Crippen LogP contribution in [0.3, 0.4) is 0 Å². The molecule has 1 saturated carbocycles. The fourth-order valence-electron chi connectivity index (χ4n) is 2.32. The van der Waals surface area contributed by atoms with E-state index in [0.717, 1.165) is 31.9 Å². The Labute approximate surface area is 135 Å². The van der Waals surface area contributed by atoms with Gasteiger partial charge in [0.15, 0.2) is 5.96 Å². The molecule has 2 fully saturated rings. The van der Waals surface area contributed by atoms with Crippen LogP contribution in [0.2, 0.25) is 0 Å². The topological polar surface area (TPSA) is 44.9 Å². The number of piperazine rings is 1. The summed E-state index contributed by atoms with van der Waals surface area (Å²) in [7, 11) is 0. The molecule has 20 heavy (non-hydrogen) atoms. The standard InChI is InChI=1S/C14H19FN4.HI/c15-11-1-5-13(6-2-11)18-7-9-19(10-8-18)14(16)17-12-3-4-12;/h1-2,5-6,12H,3-4,7-10H2,(H2,16,17);1H. The van der Waals surface area contributed by atoms with Crippen molar-refractivity contribution in [3.05, 3.63) is 30.1 Å². The van der Waals surface area contributed by atoms with Crippen molar-refractivity contribution in [3.63, 3.8) is 0 Å². The van der Waals surface area contributed by atoms with Gasteiger partial charge in [-0.05, 0) is 37.1 Å². The zero-order valence-corrected chi connectivity index (χ0v) is 13.7. The number of rotatable bonds is 2. The molecule has 2 aliphatic rings. The van der Waals surface area contributed by atoms with Crippen LogP contribution in [0.4, 0.5) is 10.1 Å². The molecule has 1 saturated heterocycles. The minimum atomic E-state index is -0.191. The predicted molar refractivity (Wildman–Crippen MR) is 90.2 cm³/mol. The molecule has 0 aromatic heterocycles. The van der Waals surface area contributed by atoms with Crippen LogP contribution in [0, 0.1) is 5.82 Å². The monoisotopic (exact) mass is 390 g/mol. The van der Waals surface area contributed by atoms with Crippen LogP contribution in [0.5, 0.6) is 0 Å². The van der Waals surface area contributed by atoms with Gasteiger partial charge < -0.3 is 15.5 Å². The normalized spacial score (nSPS) is 19.8. The molecular formula is C14H20FIN4. The molecule has 0 amide bonds. The number of aliphatic imine (C=N–C) groups is 1. The molecule has 1 aliphatic heterocycles. The number of nitrogens with zero attached hydrogens (tertiary/aromatic N) is 3. The molecule has 0 spiro atoms. The van der Waals surface area contributed by atoms with Gasteiger partial charge in [-0.1, -0.05) is 0 Å². The number of hydrogen-bond acceptors (Lipinski definition) is 2. The summed E-state index contributed by atoms with van der Waals surface area (Å²) in [5.41, 5.74) is 7.07. The Balaban J connectivity index is 0.00000147. The first-order valence-corrected chi connectivity index (χ1v) is 6.81. The molecule has 3 rings (SSSR count). The Morgan fingerprint density at radius 1 is 1.10 bits per heavy atom. The molecule has 6 heteroatoms. The molecule has 0 bridgehead atoms. The van der Waals surface area contributed by atoms with E-state index in [4.69, 9.17) is 5.73 Å². The second-order valence-electron chi connectivity index (χ2n) is 5.17. The van der Waals surface area contributed by atoms with E-state index in [-0.39, 0.29) is 29.8 Å². The molecule has 110 valence electrons. The lowest BCUT2D eigenvalue weighted by Gasteiger charge is -2.36. The maximum atomic E-state index is 12.9. The zero-order valence-electron chi connectivity index (χ0n) is 11.3. The number of benzene rings is 1. The lowest BCUT2D eigenvalue weighted by atomic mass is 10.2. The Morgan fingerprint density at radius 2 is 1.70 bits per heavy atom. The van der Waals surface area contributed by atoms with Gasteiger partial charge in [-0.15, -0.1) is 24.0 Å². The van der Waals surface area contributed by atoms with E-state index in [9.17, 15) is 4.39 Å². The van der Waals surface area contributed by atoms with E-state index in [1.807, 2.05) is 12.1 Å². The highest BCUT2D eigenvalue weighted by molar-refractivity contribution is 14.0.